The molecule has 1 heterocycles. The molecule has 0 saturated carbocycles. The molecule has 1 atom stereocenters. The molecule has 0 aliphatic heterocycles. The largest absolute Gasteiger partial charge is 0.412 e. The van der Waals surface area contributed by atoms with Crippen LogP contribution in [-0.2, 0) is 11.8 Å². The van der Waals surface area contributed by atoms with E-state index in [1.165, 1.54) is 31.5 Å². The highest BCUT2D eigenvalue weighted by atomic mass is 19.4. The van der Waals surface area contributed by atoms with Crippen molar-refractivity contribution < 1.29 is 31.9 Å². The van der Waals surface area contributed by atoms with Gasteiger partial charge in [0.1, 0.15) is 23.6 Å². The molecule has 2 aromatic rings. The molecule has 0 spiro atoms. The Morgan fingerprint density at radius 1 is 1.25 bits per heavy atom. The highest BCUT2D eigenvalue weighted by Gasteiger charge is 2.40. The number of rotatable bonds is 6. The molecule has 11 heteroatoms. The third kappa shape index (κ3) is 4.69. The summed E-state index contributed by atoms with van der Waals surface area (Å²) < 4.78 is 53.4. The van der Waals surface area contributed by atoms with Crippen LogP contribution in [0.4, 0.5) is 23.2 Å². The number of carbonyl (C=O) groups excluding carboxylic acids is 3. The third-order valence-electron chi connectivity index (χ3n) is 4.80. The average Bonchev–Trinajstić information content (AvgIpc) is 2.94. The number of halogens is 4. The van der Waals surface area contributed by atoms with Crippen molar-refractivity contribution in [2.45, 2.75) is 26.1 Å². The van der Waals surface area contributed by atoms with Gasteiger partial charge < -0.3 is 15.2 Å². The van der Waals surface area contributed by atoms with Crippen molar-refractivity contribution in [2.75, 3.05) is 5.32 Å². The van der Waals surface area contributed by atoms with Crippen molar-refractivity contribution in [3.8, 4) is 6.07 Å². The maximum atomic E-state index is 13.5. The Morgan fingerprint density at radius 2 is 1.88 bits per heavy atom. The second-order valence-corrected chi connectivity index (χ2v) is 6.81. The Kier molecular flexibility index (Phi) is 6.88. The van der Waals surface area contributed by atoms with Crippen molar-refractivity contribution in [3.05, 3.63) is 64.7 Å². The van der Waals surface area contributed by atoms with Crippen LogP contribution >= 0.6 is 0 Å². The van der Waals surface area contributed by atoms with Crippen LogP contribution in [0.3, 0.4) is 0 Å². The number of amides is 2. The summed E-state index contributed by atoms with van der Waals surface area (Å²) in [7, 11) is 1.43. The fraction of sp³-hybridized carbons (Fsp3) is 0.238. The van der Waals surface area contributed by atoms with Gasteiger partial charge in [-0.25, -0.2) is 4.39 Å². The molecule has 2 rings (SSSR count). The van der Waals surface area contributed by atoms with E-state index in [0.29, 0.717) is 6.08 Å². The number of alkyl halides is 3. The summed E-state index contributed by atoms with van der Waals surface area (Å²) in [6.45, 7) is 5.79. The van der Waals surface area contributed by atoms with E-state index >= 15 is 0 Å². The molecule has 0 bridgehead atoms. The van der Waals surface area contributed by atoms with Crippen molar-refractivity contribution >= 4 is 23.3 Å². The molecule has 0 aliphatic rings. The van der Waals surface area contributed by atoms with E-state index in [4.69, 9.17) is 5.26 Å². The monoisotopic (exact) mass is 450 g/mol. The van der Waals surface area contributed by atoms with Crippen molar-refractivity contribution in [1.82, 2.24) is 9.88 Å². The molecule has 168 valence electrons. The second-order valence-electron chi connectivity index (χ2n) is 6.81. The lowest BCUT2D eigenvalue weighted by Gasteiger charge is -2.17. The fourth-order valence-electron chi connectivity index (χ4n) is 3.11. The molecular formula is C21H18F4N4O3. The number of nitrogens with zero attached hydrogens (tertiary/aromatic N) is 2. The van der Waals surface area contributed by atoms with E-state index in [2.05, 4.69) is 11.9 Å². The molecule has 1 aromatic carbocycles. The van der Waals surface area contributed by atoms with Gasteiger partial charge in [-0.1, -0.05) is 6.08 Å². The predicted molar refractivity (Wildman–Crippen MR) is 106 cm³/mol. The number of Topliss-reactive ketones (excluding diaryl/α,β-unsaturated/α-hetero) is 1. The molecule has 0 fully saturated rings. The molecule has 0 aliphatic carbocycles. The van der Waals surface area contributed by atoms with Gasteiger partial charge in [0, 0.05) is 18.4 Å². The molecule has 0 unspecified atom stereocenters. The molecule has 2 amide bonds. The van der Waals surface area contributed by atoms with E-state index in [1.807, 2.05) is 0 Å². The first-order chi connectivity index (χ1) is 14.8. The van der Waals surface area contributed by atoms with Crippen LogP contribution in [0.2, 0.25) is 0 Å². The van der Waals surface area contributed by atoms with Gasteiger partial charge >= 0.3 is 6.18 Å². The summed E-state index contributed by atoms with van der Waals surface area (Å²) in [4.78, 5) is 37.5. The van der Waals surface area contributed by atoms with Crippen LogP contribution in [0.25, 0.3) is 0 Å². The number of anilines is 1. The molecule has 32 heavy (non-hydrogen) atoms. The molecular weight excluding hydrogens is 432 g/mol. The first-order valence-electron chi connectivity index (χ1n) is 9.04. The van der Waals surface area contributed by atoms with Gasteiger partial charge in [-0.15, -0.1) is 6.58 Å². The maximum Gasteiger partial charge on any atom is 0.412 e. The lowest BCUT2D eigenvalue weighted by Crippen LogP contribution is -2.46. The Labute approximate surface area is 180 Å². The Morgan fingerprint density at radius 3 is 2.41 bits per heavy atom. The smallest absolute Gasteiger partial charge is 0.343 e. The van der Waals surface area contributed by atoms with E-state index < -0.39 is 35.6 Å². The van der Waals surface area contributed by atoms with E-state index in [-0.39, 0.29) is 33.8 Å². The van der Waals surface area contributed by atoms with Crippen LogP contribution in [0.1, 0.15) is 37.7 Å². The molecule has 2 N–H and O–H groups in total. The number of nitrogens with one attached hydrogen (secondary N) is 2. The summed E-state index contributed by atoms with van der Waals surface area (Å²) in [6, 6.07) is 2.55. The highest BCUT2D eigenvalue weighted by Crippen LogP contribution is 2.25. The van der Waals surface area contributed by atoms with Crippen molar-refractivity contribution in [1.29, 1.82) is 5.26 Å². The van der Waals surface area contributed by atoms with Gasteiger partial charge in [-0.05, 0) is 37.6 Å². The fourth-order valence-corrected chi connectivity index (χ4v) is 3.11. The summed E-state index contributed by atoms with van der Waals surface area (Å²) >= 11 is 0. The molecule has 0 saturated heterocycles. The zero-order valence-corrected chi connectivity index (χ0v) is 17.2. The number of hydrogen-bond acceptors (Lipinski definition) is 4. The number of benzene rings is 1. The van der Waals surface area contributed by atoms with Crippen LogP contribution in [0.15, 0.2) is 30.9 Å². The van der Waals surface area contributed by atoms with E-state index in [1.54, 1.807) is 11.4 Å². The summed E-state index contributed by atoms with van der Waals surface area (Å²) in [5.74, 6) is -4.26. The minimum Gasteiger partial charge on any atom is -0.343 e. The lowest BCUT2D eigenvalue weighted by molar-refractivity contribution is -0.150. The van der Waals surface area contributed by atoms with E-state index in [0.717, 1.165) is 12.1 Å². The van der Waals surface area contributed by atoms with Gasteiger partial charge in [0.25, 0.3) is 17.6 Å². The molecule has 1 aromatic heterocycles. The quantitative estimate of drug-likeness (QED) is 0.305. The van der Waals surface area contributed by atoms with Gasteiger partial charge in [0.15, 0.2) is 0 Å². The number of ketones is 1. The summed E-state index contributed by atoms with van der Waals surface area (Å²) in [5.41, 5.74) is -0.221. The van der Waals surface area contributed by atoms with Crippen LogP contribution in [0, 0.1) is 31.0 Å². The number of carbonyl (C=O) groups is 3. The lowest BCUT2D eigenvalue weighted by atomic mass is 10.0. The van der Waals surface area contributed by atoms with Crippen molar-refractivity contribution in [2.24, 2.45) is 7.05 Å². The molecule has 0 radical (unpaired) electrons. The minimum atomic E-state index is -4.83. The van der Waals surface area contributed by atoms with Crippen LogP contribution in [-0.4, -0.2) is 34.4 Å². The SMILES string of the molecule is C=C[C@@H](NC(=O)C(=O)c1c(C)c(C(=O)Nc2ccc(F)c(C#N)c2)n(C)c1C)C(F)(F)F. The molecule has 7 nitrogen and oxygen atoms in total. The van der Waals surface area contributed by atoms with Gasteiger partial charge in [-0.2, -0.15) is 18.4 Å². The van der Waals surface area contributed by atoms with Crippen LogP contribution in [0.5, 0.6) is 0 Å². The topological polar surface area (TPSA) is 104 Å². The average molecular weight is 450 g/mol. The highest BCUT2D eigenvalue weighted by molar-refractivity contribution is 6.43. The normalized spacial score (nSPS) is 11.9. The second kappa shape index (κ2) is 9.05. The predicted octanol–water partition coefficient (Wildman–Crippen LogP) is 3.32. The summed E-state index contributed by atoms with van der Waals surface area (Å²) in [5, 5.41) is 12.9. The van der Waals surface area contributed by atoms with Crippen molar-refractivity contribution in [3.63, 3.8) is 0 Å². The Bertz CT molecular complexity index is 1160. The first kappa shape index (κ1) is 24.3. The third-order valence-corrected chi connectivity index (χ3v) is 4.80. The minimum absolute atomic E-state index is 0.0439. The van der Waals surface area contributed by atoms with E-state index in [9.17, 15) is 31.9 Å². The number of aromatic nitrogens is 1. The van der Waals surface area contributed by atoms with Crippen LogP contribution < -0.4 is 10.6 Å². The first-order valence-corrected chi connectivity index (χ1v) is 9.04. The standard InChI is InChI=1S/C21H18F4N4O3/c1-5-15(21(23,24)25)28-20(32)18(30)16-10(2)17(29(4)11(16)3)19(31)27-13-6-7-14(22)12(8-13)9-26/h5-8,15H,1H2,2-4H3,(H,27,31)(H,28,32)/t15-/m1/s1. The summed E-state index contributed by atoms with van der Waals surface area (Å²) in [6.07, 6.45) is -4.38. The number of hydrogen-bond donors (Lipinski definition) is 2. The Hall–Kier alpha value is -3.94. The zero-order valence-electron chi connectivity index (χ0n) is 17.2. The van der Waals surface area contributed by atoms with Gasteiger partial charge in [0.05, 0.1) is 11.1 Å². The number of nitriles is 1. The van der Waals surface area contributed by atoms with Gasteiger partial charge in [-0.3, -0.25) is 14.4 Å². The Balaban J connectivity index is 2.37. The zero-order chi connectivity index (χ0) is 24.4. The maximum absolute atomic E-state index is 13.5. The van der Waals surface area contributed by atoms with Gasteiger partial charge in [0.2, 0.25) is 0 Å².